The second-order valence-corrected chi connectivity index (χ2v) is 10.4. The number of nitrogens with one attached hydrogen (secondary N) is 1. The van der Waals surface area contributed by atoms with Crippen molar-refractivity contribution in [3.63, 3.8) is 0 Å². The summed E-state index contributed by atoms with van der Waals surface area (Å²) >= 11 is 6.53. The molecular formula is C28H27ClF3N5O2. The van der Waals surface area contributed by atoms with E-state index in [9.17, 15) is 22.8 Å². The number of nitrogens with zero attached hydrogens (tertiary/aromatic N) is 4. The number of rotatable bonds is 7. The van der Waals surface area contributed by atoms with E-state index >= 15 is 0 Å². The highest BCUT2D eigenvalue weighted by atomic mass is 35.5. The largest absolute Gasteiger partial charge is 0.351 e. The third-order valence-corrected chi connectivity index (χ3v) is 7.55. The smallest absolute Gasteiger partial charge is 0.252 e. The Labute approximate surface area is 229 Å². The van der Waals surface area contributed by atoms with Crippen molar-refractivity contribution >= 4 is 35.1 Å². The van der Waals surface area contributed by atoms with Crippen LogP contribution in [0.15, 0.2) is 67.0 Å². The number of halogens is 4. The van der Waals surface area contributed by atoms with Gasteiger partial charge in [-0.05, 0) is 50.1 Å². The Bertz CT molecular complexity index is 1350. The van der Waals surface area contributed by atoms with Crippen LogP contribution in [-0.4, -0.2) is 45.8 Å². The van der Waals surface area contributed by atoms with Crippen molar-refractivity contribution in [2.45, 2.75) is 62.7 Å². The van der Waals surface area contributed by atoms with Crippen molar-refractivity contribution in [2.24, 2.45) is 0 Å². The standard InChI is InChI=1S/C28H27ClF3N5O2/c1-17-10-11-23(36(17)27-33-12-5-13-34-27)26(39)37(20-7-4-6-18(30)14-20)24(21-8-2-3-9-22(21)29)25(38)35-19-15-28(31,32)16-19/h2-9,12-14,17,19,23-24H,10-11,15-16H2,1H3,(H,35,38)/t17-,23?,24-/m0/s1. The molecule has 0 bridgehead atoms. The fourth-order valence-electron chi connectivity index (χ4n) is 5.32. The van der Waals surface area contributed by atoms with Gasteiger partial charge in [-0.3, -0.25) is 14.5 Å². The van der Waals surface area contributed by atoms with Crippen LogP contribution in [0.25, 0.3) is 0 Å². The van der Waals surface area contributed by atoms with Crippen LogP contribution in [0.4, 0.5) is 24.8 Å². The number of aromatic nitrogens is 2. The van der Waals surface area contributed by atoms with Gasteiger partial charge in [0.2, 0.25) is 11.9 Å². The van der Waals surface area contributed by atoms with Gasteiger partial charge in [-0.25, -0.2) is 23.1 Å². The number of benzene rings is 2. The van der Waals surface area contributed by atoms with Gasteiger partial charge in [0.1, 0.15) is 17.9 Å². The lowest BCUT2D eigenvalue weighted by molar-refractivity contribution is -0.133. The van der Waals surface area contributed by atoms with E-state index in [4.69, 9.17) is 11.6 Å². The molecule has 2 amide bonds. The van der Waals surface area contributed by atoms with Crippen molar-refractivity contribution in [3.05, 3.63) is 83.4 Å². The number of hydrogen-bond acceptors (Lipinski definition) is 5. The zero-order valence-electron chi connectivity index (χ0n) is 21.1. The number of amides is 2. The van der Waals surface area contributed by atoms with Gasteiger partial charge in [0.25, 0.3) is 11.8 Å². The lowest BCUT2D eigenvalue weighted by atomic mass is 9.87. The molecule has 2 aliphatic rings. The summed E-state index contributed by atoms with van der Waals surface area (Å²) < 4.78 is 41.6. The number of carbonyl (C=O) groups excluding carboxylic acids is 2. The number of carbonyl (C=O) groups is 2. The Hall–Kier alpha value is -3.66. The molecule has 0 spiro atoms. The summed E-state index contributed by atoms with van der Waals surface area (Å²) in [4.78, 5) is 39.9. The molecule has 11 heteroatoms. The van der Waals surface area contributed by atoms with Gasteiger partial charge in [0.05, 0.1) is 0 Å². The molecule has 1 saturated heterocycles. The maximum atomic E-state index is 14.5. The molecule has 1 unspecified atom stereocenters. The van der Waals surface area contributed by atoms with Crippen molar-refractivity contribution in [1.29, 1.82) is 0 Å². The molecule has 2 aromatic carbocycles. The summed E-state index contributed by atoms with van der Waals surface area (Å²) in [7, 11) is 0. The van der Waals surface area contributed by atoms with Gasteiger partial charge in [0, 0.05) is 53.6 Å². The van der Waals surface area contributed by atoms with Gasteiger partial charge in [-0.15, -0.1) is 0 Å². The molecular weight excluding hydrogens is 531 g/mol. The van der Waals surface area contributed by atoms with Crippen LogP contribution < -0.4 is 15.1 Å². The monoisotopic (exact) mass is 557 g/mol. The number of anilines is 2. The molecule has 204 valence electrons. The first-order valence-corrected chi connectivity index (χ1v) is 13.1. The first-order valence-electron chi connectivity index (χ1n) is 12.7. The lowest BCUT2D eigenvalue weighted by Crippen LogP contribution is -2.56. The highest BCUT2D eigenvalue weighted by molar-refractivity contribution is 6.31. The zero-order valence-corrected chi connectivity index (χ0v) is 21.9. The van der Waals surface area contributed by atoms with Gasteiger partial charge >= 0.3 is 0 Å². The fraction of sp³-hybridized carbons (Fsp3) is 0.357. The molecule has 2 heterocycles. The van der Waals surface area contributed by atoms with E-state index in [1.807, 2.05) is 6.92 Å². The Morgan fingerprint density at radius 3 is 2.46 bits per heavy atom. The van der Waals surface area contributed by atoms with E-state index in [-0.39, 0.29) is 22.3 Å². The molecule has 1 aliphatic heterocycles. The van der Waals surface area contributed by atoms with E-state index < -0.39 is 54.5 Å². The average Bonchev–Trinajstić information content (AvgIpc) is 3.28. The highest BCUT2D eigenvalue weighted by Gasteiger charge is 2.48. The van der Waals surface area contributed by atoms with E-state index in [0.29, 0.717) is 18.8 Å². The van der Waals surface area contributed by atoms with Crippen LogP contribution in [0.3, 0.4) is 0 Å². The molecule has 3 aromatic rings. The molecule has 3 atom stereocenters. The van der Waals surface area contributed by atoms with E-state index in [1.54, 1.807) is 47.6 Å². The van der Waals surface area contributed by atoms with Crippen LogP contribution in [0.1, 0.15) is 44.2 Å². The maximum Gasteiger partial charge on any atom is 0.252 e. The van der Waals surface area contributed by atoms with Crippen LogP contribution in [0, 0.1) is 5.82 Å². The Morgan fingerprint density at radius 2 is 1.79 bits per heavy atom. The quantitative estimate of drug-likeness (QED) is 0.426. The predicted molar refractivity (Wildman–Crippen MR) is 141 cm³/mol. The molecule has 39 heavy (non-hydrogen) atoms. The summed E-state index contributed by atoms with van der Waals surface area (Å²) in [6.45, 7) is 1.95. The highest BCUT2D eigenvalue weighted by Crippen LogP contribution is 2.40. The minimum Gasteiger partial charge on any atom is -0.351 e. The normalized spacial score (nSPS) is 21.2. The van der Waals surface area contributed by atoms with Gasteiger partial charge in [-0.2, -0.15) is 0 Å². The third kappa shape index (κ3) is 5.56. The molecule has 1 N–H and O–H groups in total. The van der Waals surface area contributed by atoms with Gasteiger partial charge < -0.3 is 10.2 Å². The van der Waals surface area contributed by atoms with Crippen molar-refractivity contribution in [3.8, 4) is 0 Å². The molecule has 1 aromatic heterocycles. The van der Waals surface area contributed by atoms with Crippen LogP contribution in [0.2, 0.25) is 5.02 Å². The minimum atomic E-state index is -2.86. The van der Waals surface area contributed by atoms with Crippen LogP contribution in [0.5, 0.6) is 0 Å². The van der Waals surface area contributed by atoms with E-state index in [1.165, 1.54) is 23.1 Å². The third-order valence-electron chi connectivity index (χ3n) is 7.20. The molecule has 7 nitrogen and oxygen atoms in total. The number of alkyl halides is 2. The second kappa shape index (κ2) is 10.8. The second-order valence-electron chi connectivity index (χ2n) is 9.98. The van der Waals surface area contributed by atoms with Gasteiger partial charge in [-0.1, -0.05) is 35.9 Å². The van der Waals surface area contributed by atoms with Crippen LogP contribution >= 0.6 is 11.6 Å². The molecule has 5 rings (SSSR count). The van der Waals surface area contributed by atoms with E-state index in [0.717, 1.165) is 6.07 Å². The summed E-state index contributed by atoms with van der Waals surface area (Å²) in [5, 5.41) is 2.86. The first-order chi connectivity index (χ1) is 18.6. The summed E-state index contributed by atoms with van der Waals surface area (Å²) in [6.07, 6.45) is 3.26. The van der Waals surface area contributed by atoms with E-state index in [2.05, 4.69) is 15.3 Å². The predicted octanol–water partition coefficient (Wildman–Crippen LogP) is 5.31. The summed E-state index contributed by atoms with van der Waals surface area (Å²) in [5.41, 5.74) is 0.418. The lowest BCUT2D eigenvalue weighted by Gasteiger charge is -2.39. The van der Waals surface area contributed by atoms with Crippen LogP contribution in [-0.2, 0) is 9.59 Å². The van der Waals surface area contributed by atoms with Crippen molar-refractivity contribution in [1.82, 2.24) is 15.3 Å². The summed E-state index contributed by atoms with van der Waals surface area (Å²) in [5.74, 6) is -4.28. The average molecular weight is 558 g/mol. The minimum absolute atomic E-state index is 0.0829. The SMILES string of the molecule is C[C@H]1CCC(C(=O)N(c2cccc(F)c2)[C@H](C(=O)NC2CC(F)(F)C2)c2ccccc2Cl)N1c1ncccn1. The molecule has 1 aliphatic carbocycles. The zero-order chi connectivity index (χ0) is 27.7. The van der Waals surface area contributed by atoms with Gasteiger partial charge in [0.15, 0.2) is 0 Å². The topological polar surface area (TPSA) is 78.4 Å². The molecule has 1 saturated carbocycles. The maximum absolute atomic E-state index is 14.5. The van der Waals surface area contributed by atoms with Crippen molar-refractivity contribution in [2.75, 3.05) is 9.80 Å². The Balaban J connectivity index is 1.59. The Morgan fingerprint density at radius 1 is 1.08 bits per heavy atom. The molecule has 0 radical (unpaired) electrons. The first kappa shape index (κ1) is 26.9. The Kier molecular flexibility index (Phi) is 7.48. The van der Waals surface area contributed by atoms with Crippen molar-refractivity contribution < 1.29 is 22.8 Å². The number of hydrogen-bond donors (Lipinski definition) is 1. The molecule has 2 fully saturated rings. The fourth-order valence-corrected chi connectivity index (χ4v) is 5.55. The summed E-state index contributed by atoms with van der Waals surface area (Å²) in [6, 6.07) is 10.6.